The van der Waals surface area contributed by atoms with E-state index in [4.69, 9.17) is 16.3 Å². The van der Waals surface area contributed by atoms with Crippen LogP contribution in [0.25, 0.3) is 10.9 Å². The van der Waals surface area contributed by atoms with E-state index in [1.165, 1.54) is 0 Å². The maximum absolute atomic E-state index is 12.1. The summed E-state index contributed by atoms with van der Waals surface area (Å²) < 4.78 is 5.47. The molecule has 0 bridgehead atoms. The van der Waals surface area contributed by atoms with Crippen LogP contribution in [0.15, 0.2) is 54.7 Å². The van der Waals surface area contributed by atoms with Gasteiger partial charge in [0.15, 0.2) is 0 Å². The Morgan fingerprint density at radius 3 is 2.67 bits per heavy atom. The minimum absolute atomic E-state index is 0.0306. The number of benzene rings is 2. The molecular formula is C20H19ClN2O4. The molecule has 0 fully saturated rings. The number of carbonyl (C=O) groups excluding carboxylic acids is 1. The number of ether oxygens (including phenoxy) is 1. The molecule has 0 saturated heterocycles. The fourth-order valence-corrected chi connectivity index (χ4v) is 2.99. The van der Waals surface area contributed by atoms with E-state index in [0.717, 1.165) is 16.5 Å². The van der Waals surface area contributed by atoms with Crippen molar-refractivity contribution in [2.45, 2.75) is 18.9 Å². The minimum Gasteiger partial charge on any atom is -0.491 e. The molecule has 0 aliphatic heterocycles. The van der Waals surface area contributed by atoms with E-state index < -0.39 is 17.9 Å². The molecule has 1 heterocycles. The second kappa shape index (κ2) is 8.60. The first kappa shape index (κ1) is 18.8. The first-order valence-electron chi connectivity index (χ1n) is 8.49. The van der Waals surface area contributed by atoms with E-state index in [1.807, 2.05) is 24.3 Å². The molecule has 0 radical (unpaired) electrons. The number of halogens is 1. The predicted octanol–water partition coefficient (Wildman–Crippen LogP) is 3.40. The molecule has 3 N–H and O–H groups in total. The summed E-state index contributed by atoms with van der Waals surface area (Å²) in [6, 6.07) is 13.6. The van der Waals surface area contributed by atoms with Crippen molar-refractivity contribution in [1.82, 2.24) is 10.3 Å². The van der Waals surface area contributed by atoms with Crippen LogP contribution in [0.4, 0.5) is 0 Å². The van der Waals surface area contributed by atoms with Gasteiger partial charge in [-0.3, -0.25) is 4.79 Å². The first-order valence-corrected chi connectivity index (χ1v) is 8.87. The molecule has 0 aliphatic carbocycles. The van der Waals surface area contributed by atoms with E-state index in [1.54, 1.807) is 30.5 Å². The van der Waals surface area contributed by atoms with Crippen molar-refractivity contribution in [3.63, 3.8) is 0 Å². The van der Waals surface area contributed by atoms with Crippen molar-refractivity contribution >= 4 is 34.4 Å². The Morgan fingerprint density at radius 2 is 1.89 bits per heavy atom. The highest BCUT2D eigenvalue weighted by molar-refractivity contribution is 6.32. The van der Waals surface area contributed by atoms with Crippen molar-refractivity contribution in [1.29, 1.82) is 0 Å². The van der Waals surface area contributed by atoms with Crippen molar-refractivity contribution in [3.05, 3.63) is 65.3 Å². The Balaban J connectivity index is 1.57. The van der Waals surface area contributed by atoms with E-state index in [2.05, 4.69) is 10.3 Å². The Morgan fingerprint density at radius 1 is 1.15 bits per heavy atom. The molecule has 2 aromatic carbocycles. The molecule has 3 aromatic rings. The smallest absolute Gasteiger partial charge is 0.326 e. The Bertz CT molecular complexity index is 954. The summed E-state index contributed by atoms with van der Waals surface area (Å²) in [5, 5.41) is 13.4. The highest BCUT2D eigenvalue weighted by Crippen LogP contribution is 2.23. The fourth-order valence-electron chi connectivity index (χ4n) is 2.80. The largest absolute Gasteiger partial charge is 0.491 e. The summed E-state index contributed by atoms with van der Waals surface area (Å²) in [5.74, 6) is -0.990. The Labute approximate surface area is 161 Å². The van der Waals surface area contributed by atoms with Crippen molar-refractivity contribution in [3.8, 4) is 5.75 Å². The van der Waals surface area contributed by atoms with Crippen LogP contribution < -0.4 is 10.1 Å². The zero-order valence-electron chi connectivity index (χ0n) is 14.4. The minimum atomic E-state index is -1.08. The standard InChI is InChI=1S/C20H19ClN2O4/c21-15-6-2-4-8-18(15)27-10-9-19(24)23-17(20(25)26)11-13-12-22-16-7-3-1-5-14(13)16/h1-8,12,17,22H,9-11H2,(H,23,24)(H,25,26). The number of aromatic nitrogens is 1. The van der Waals surface area contributed by atoms with Gasteiger partial charge in [0.05, 0.1) is 18.1 Å². The molecule has 140 valence electrons. The summed E-state index contributed by atoms with van der Waals surface area (Å²) in [5.41, 5.74) is 1.77. The summed E-state index contributed by atoms with van der Waals surface area (Å²) in [4.78, 5) is 26.8. The van der Waals surface area contributed by atoms with Gasteiger partial charge in [0.25, 0.3) is 0 Å². The van der Waals surface area contributed by atoms with Crippen LogP contribution in [0.5, 0.6) is 5.75 Å². The number of fused-ring (bicyclic) bond motifs is 1. The van der Waals surface area contributed by atoms with Crippen molar-refractivity contribution in [2.24, 2.45) is 0 Å². The topological polar surface area (TPSA) is 91.4 Å². The van der Waals surface area contributed by atoms with Crippen LogP contribution in [0, 0.1) is 0 Å². The zero-order valence-corrected chi connectivity index (χ0v) is 15.2. The first-order chi connectivity index (χ1) is 13.0. The van der Waals surface area contributed by atoms with Gasteiger partial charge >= 0.3 is 5.97 Å². The molecule has 7 heteroatoms. The fraction of sp³-hybridized carbons (Fsp3) is 0.200. The third-order valence-corrected chi connectivity index (χ3v) is 4.47. The average Bonchev–Trinajstić information content (AvgIpc) is 3.06. The highest BCUT2D eigenvalue weighted by atomic mass is 35.5. The normalized spacial score (nSPS) is 11.9. The number of aromatic amines is 1. The second-order valence-electron chi connectivity index (χ2n) is 6.05. The number of H-pyrrole nitrogens is 1. The van der Waals surface area contributed by atoms with Gasteiger partial charge in [-0.15, -0.1) is 0 Å². The Kier molecular flexibility index (Phi) is 5.98. The van der Waals surface area contributed by atoms with Crippen LogP contribution in [0.1, 0.15) is 12.0 Å². The molecule has 1 unspecified atom stereocenters. The number of carbonyl (C=O) groups is 2. The lowest BCUT2D eigenvalue weighted by atomic mass is 10.0. The number of para-hydroxylation sites is 2. The molecule has 1 atom stereocenters. The van der Waals surface area contributed by atoms with Crippen molar-refractivity contribution in [2.75, 3.05) is 6.61 Å². The lowest BCUT2D eigenvalue weighted by Crippen LogP contribution is -2.42. The van der Waals surface area contributed by atoms with Crippen molar-refractivity contribution < 1.29 is 19.4 Å². The van der Waals surface area contributed by atoms with Gasteiger partial charge in [-0.2, -0.15) is 0 Å². The van der Waals surface area contributed by atoms with E-state index in [9.17, 15) is 14.7 Å². The summed E-state index contributed by atoms with van der Waals surface area (Å²) in [6.45, 7) is 0.106. The third-order valence-electron chi connectivity index (χ3n) is 4.16. The van der Waals surface area contributed by atoms with Gasteiger partial charge in [-0.05, 0) is 23.8 Å². The van der Waals surface area contributed by atoms with Gasteiger partial charge in [-0.25, -0.2) is 4.79 Å². The molecule has 3 rings (SSSR count). The number of carboxylic acid groups (broad SMARTS) is 1. The van der Waals surface area contributed by atoms with Gasteiger partial charge in [0.2, 0.25) is 5.91 Å². The molecule has 0 saturated carbocycles. The second-order valence-corrected chi connectivity index (χ2v) is 6.46. The molecule has 27 heavy (non-hydrogen) atoms. The van der Waals surface area contributed by atoms with E-state index in [0.29, 0.717) is 10.8 Å². The molecule has 0 spiro atoms. The average molecular weight is 387 g/mol. The van der Waals surface area contributed by atoms with Crippen LogP contribution in [-0.4, -0.2) is 34.6 Å². The quantitative estimate of drug-likeness (QED) is 0.553. The zero-order chi connectivity index (χ0) is 19.2. The maximum Gasteiger partial charge on any atom is 0.326 e. The van der Waals surface area contributed by atoms with Crippen LogP contribution in [0.3, 0.4) is 0 Å². The van der Waals surface area contributed by atoms with E-state index >= 15 is 0 Å². The van der Waals surface area contributed by atoms with Gasteiger partial charge in [0, 0.05) is 23.5 Å². The highest BCUT2D eigenvalue weighted by Gasteiger charge is 2.21. The monoisotopic (exact) mass is 386 g/mol. The number of nitrogens with one attached hydrogen (secondary N) is 2. The lowest BCUT2D eigenvalue weighted by molar-refractivity contribution is -0.141. The number of hydrogen-bond donors (Lipinski definition) is 3. The van der Waals surface area contributed by atoms with Crippen LogP contribution in [0.2, 0.25) is 5.02 Å². The van der Waals surface area contributed by atoms with Crippen LogP contribution in [-0.2, 0) is 16.0 Å². The Hall–Kier alpha value is -2.99. The lowest BCUT2D eigenvalue weighted by Gasteiger charge is -2.14. The summed E-state index contributed by atoms with van der Waals surface area (Å²) in [6.07, 6.45) is 1.99. The van der Waals surface area contributed by atoms with Crippen LogP contribution >= 0.6 is 11.6 Å². The SMILES string of the molecule is O=C(CCOc1ccccc1Cl)NC(Cc1c[nH]c2ccccc12)C(=O)O. The number of carboxylic acids is 1. The number of amides is 1. The molecule has 0 aliphatic rings. The van der Waals surface area contributed by atoms with Gasteiger partial charge in [-0.1, -0.05) is 41.9 Å². The third kappa shape index (κ3) is 4.80. The number of hydrogen-bond acceptors (Lipinski definition) is 3. The maximum atomic E-state index is 12.1. The summed E-state index contributed by atoms with van der Waals surface area (Å²) in [7, 11) is 0. The predicted molar refractivity (Wildman–Crippen MR) is 103 cm³/mol. The molecule has 1 aromatic heterocycles. The molecule has 6 nitrogen and oxygen atoms in total. The van der Waals surface area contributed by atoms with E-state index in [-0.39, 0.29) is 19.4 Å². The number of aliphatic carboxylic acids is 1. The van der Waals surface area contributed by atoms with Gasteiger partial charge in [0.1, 0.15) is 11.8 Å². The number of rotatable bonds is 8. The molecule has 1 amide bonds. The van der Waals surface area contributed by atoms with Gasteiger partial charge < -0.3 is 20.1 Å². The molecular weight excluding hydrogens is 368 g/mol. The summed E-state index contributed by atoms with van der Waals surface area (Å²) >= 11 is 5.99.